The van der Waals surface area contributed by atoms with E-state index in [1.807, 2.05) is 31.3 Å². The van der Waals surface area contributed by atoms with Gasteiger partial charge in [-0.3, -0.25) is 0 Å². The Hall–Kier alpha value is -1.20. The first kappa shape index (κ1) is 17.2. The van der Waals surface area contributed by atoms with Crippen LogP contribution in [0.2, 0.25) is 0 Å². The highest BCUT2D eigenvalue weighted by Crippen LogP contribution is 2.36. The molecule has 1 aliphatic carbocycles. The molecule has 1 aliphatic rings. The summed E-state index contributed by atoms with van der Waals surface area (Å²) in [7, 11) is 1.85. The number of rotatable bonds is 7. The predicted octanol–water partition coefficient (Wildman–Crippen LogP) is 3.53. The number of alkyl halides is 2. The maximum atomic E-state index is 13.1. The van der Waals surface area contributed by atoms with Crippen LogP contribution in [0, 0.1) is 5.92 Å². The first-order valence-electron chi connectivity index (χ1n) is 7.93. The molecule has 1 aromatic rings. The van der Waals surface area contributed by atoms with Crippen molar-refractivity contribution in [1.82, 2.24) is 5.32 Å². The fourth-order valence-corrected chi connectivity index (χ4v) is 2.74. The van der Waals surface area contributed by atoms with E-state index in [0.717, 1.165) is 12.1 Å². The van der Waals surface area contributed by atoms with Crippen molar-refractivity contribution in [1.29, 1.82) is 0 Å². The molecule has 2 N–H and O–H groups in total. The van der Waals surface area contributed by atoms with Gasteiger partial charge in [-0.15, -0.1) is 0 Å². The first-order chi connectivity index (χ1) is 10.5. The number of halogens is 2. The maximum absolute atomic E-state index is 13.1. The lowest BCUT2D eigenvalue weighted by Gasteiger charge is -2.28. The van der Waals surface area contributed by atoms with Crippen molar-refractivity contribution in [2.75, 3.05) is 20.2 Å². The molecule has 0 unspecified atom stereocenters. The van der Waals surface area contributed by atoms with E-state index >= 15 is 0 Å². The van der Waals surface area contributed by atoms with Gasteiger partial charge in [0.15, 0.2) is 0 Å². The van der Waals surface area contributed by atoms with Crippen molar-refractivity contribution < 1.29 is 18.6 Å². The minimum atomic E-state index is -2.49. The second-order valence-corrected chi connectivity index (χ2v) is 6.09. The molecule has 0 amide bonds. The zero-order chi connectivity index (χ0) is 16.0. The van der Waals surface area contributed by atoms with Crippen molar-refractivity contribution >= 4 is 0 Å². The van der Waals surface area contributed by atoms with E-state index in [4.69, 9.17) is 4.74 Å². The number of benzene rings is 1. The topological polar surface area (TPSA) is 41.5 Å². The molecule has 0 bridgehead atoms. The SMILES string of the molecule is CNCC[C@@H](O)c1cccc(OCC2CCC(F)(F)CC2)c1. The van der Waals surface area contributed by atoms with Crippen LogP contribution in [0.15, 0.2) is 24.3 Å². The number of ether oxygens (including phenoxy) is 1. The van der Waals surface area contributed by atoms with Crippen LogP contribution in [-0.2, 0) is 0 Å². The number of hydrogen-bond acceptors (Lipinski definition) is 3. The molecular weight excluding hydrogens is 288 g/mol. The van der Waals surface area contributed by atoms with Crippen LogP contribution in [0.4, 0.5) is 8.78 Å². The normalized spacial score (nSPS) is 19.8. The highest BCUT2D eigenvalue weighted by Gasteiger charge is 2.34. The van der Waals surface area contributed by atoms with E-state index in [1.165, 1.54) is 0 Å². The van der Waals surface area contributed by atoms with Crippen molar-refractivity contribution in [3.8, 4) is 5.75 Å². The Morgan fingerprint density at radius 1 is 1.36 bits per heavy atom. The smallest absolute Gasteiger partial charge is 0.248 e. The van der Waals surface area contributed by atoms with Gasteiger partial charge in [0.1, 0.15) is 5.75 Å². The highest BCUT2D eigenvalue weighted by atomic mass is 19.3. The fourth-order valence-electron chi connectivity index (χ4n) is 2.74. The summed E-state index contributed by atoms with van der Waals surface area (Å²) in [5, 5.41) is 13.1. The Morgan fingerprint density at radius 2 is 2.09 bits per heavy atom. The van der Waals surface area contributed by atoms with E-state index in [1.54, 1.807) is 0 Å². The summed E-state index contributed by atoms with van der Waals surface area (Å²) in [6.07, 6.45) is 1.06. The van der Waals surface area contributed by atoms with Crippen LogP contribution >= 0.6 is 0 Å². The van der Waals surface area contributed by atoms with Crippen LogP contribution in [-0.4, -0.2) is 31.2 Å². The quantitative estimate of drug-likeness (QED) is 0.809. The molecule has 1 saturated carbocycles. The van der Waals surface area contributed by atoms with E-state index in [0.29, 0.717) is 31.6 Å². The molecule has 3 nitrogen and oxygen atoms in total. The largest absolute Gasteiger partial charge is 0.493 e. The van der Waals surface area contributed by atoms with Crippen LogP contribution in [0.3, 0.4) is 0 Å². The molecule has 2 rings (SSSR count). The van der Waals surface area contributed by atoms with E-state index in [9.17, 15) is 13.9 Å². The lowest BCUT2D eigenvalue weighted by molar-refractivity contribution is -0.0498. The number of aliphatic hydroxyl groups is 1. The summed E-state index contributed by atoms with van der Waals surface area (Å²) >= 11 is 0. The zero-order valence-electron chi connectivity index (χ0n) is 13.0. The molecule has 124 valence electrons. The average Bonchev–Trinajstić information content (AvgIpc) is 2.52. The predicted molar refractivity (Wildman–Crippen MR) is 82.3 cm³/mol. The summed E-state index contributed by atoms with van der Waals surface area (Å²) in [6.45, 7) is 1.20. The fraction of sp³-hybridized carbons (Fsp3) is 0.647. The monoisotopic (exact) mass is 313 g/mol. The van der Waals surface area contributed by atoms with Crippen LogP contribution in [0.5, 0.6) is 5.75 Å². The summed E-state index contributed by atoms with van der Waals surface area (Å²) in [5.41, 5.74) is 0.822. The Kier molecular flexibility index (Phi) is 6.15. The van der Waals surface area contributed by atoms with Crippen molar-refractivity contribution in [3.05, 3.63) is 29.8 Å². The molecule has 22 heavy (non-hydrogen) atoms. The molecule has 1 aromatic carbocycles. The average molecular weight is 313 g/mol. The van der Waals surface area contributed by atoms with Crippen LogP contribution in [0.1, 0.15) is 43.8 Å². The van der Waals surface area contributed by atoms with Crippen molar-refractivity contribution in [2.24, 2.45) is 5.92 Å². The molecule has 0 aromatic heterocycles. The van der Waals surface area contributed by atoms with Gasteiger partial charge in [0.05, 0.1) is 12.7 Å². The van der Waals surface area contributed by atoms with Crippen LogP contribution < -0.4 is 10.1 Å². The standard InChI is InChI=1S/C17H25F2NO2/c1-20-10-7-16(21)14-3-2-4-15(11-14)22-12-13-5-8-17(18,19)9-6-13/h2-4,11,13,16,20-21H,5-10,12H2,1H3/t16-/m1/s1. The van der Waals surface area contributed by atoms with Crippen LogP contribution in [0.25, 0.3) is 0 Å². The minimum absolute atomic E-state index is 0.0379. The second kappa shape index (κ2) is 7.88. The number of nitrogens with one attached hydrogen (secondary N) is 1. The summed E-state index contributed by atoms with van der Waals surface area (Å²) in [6, 6.07) is 7.39. The summed E-state index contributed by atoms with van der Waals surface area (Å²) in [4.78, 5) is 0. The molecule has 0 aliphatic heterocycles. The van der Waals surface area contributed by atoms with Gasteiger partial charge >= 0.3 is 0 Å². The molecular formula is C17H25F2NO2. The van der Waals surface area contributed by atoms with Gasteiger partial charge in [-0.1, -0.05) is 12.1 Å². The Labute approximate surface area is 130 Å². The molecule has 0 radical (unpaired) electrons. The second-order valence-electron chi connectivity index (χ2n) is 6.09. The molecule has 5 heteroatoms. The number of hydrogen-bond donors (Lipinski definition) is 2. The number of aliphatic hydroxyl groups excluding tert-OH is 1. The molecule has 0 saturated heterocycles. The molecule has 1 atom stereocenters. The third-order valence-electron chi connectivity index (χ3n) is 4.23. The Bertz CT molecular complexity index is 458. The molecule has 1 fully saturated rings. The molecule has 0 spiro atoms. The van der Waals surface area contributed by atoms with Gasteiger partial charge < -0.3 is 15.2 Å². The van der Waals surface area contributed by atoms with Gasteiger partial charge in [-0.25, -0.2) is 8.78 Å². The van der Waals surface area contributed by atoms with Crippen molar-refractivity contribution in [3.63, 3.8) is 0 Å². The zero-order valence-corrected chi connectivity index (χ0v) is 13.0. The van der Waals surface area contributed by atoms with E-state index < -0.39 is 12.0 Å². The molecule has 0 heterocycles. The first-order valence-corrected chi connectivity index (χ1v) is 7.93. The third kappa shape index (κ3) is 5.21. The highest BCUT2D eigenvalue weighted by molar-refractivity contribution is 5.29. The lowest BCUT2D eigenvalue weighted by Crippen LogP contribution is -2.27. The Balaban J connectivity index is 1.83. The maximum Gasteiger partial charge on any atom is 0.248 e. The van der Waals surface area contributed by atoms with Gasteiger partial charge in [0, 0.05) is 12.8 Å². The minimum Gasteiger partial charge on any atom is -0.493 e. The van der Waals surface area contributed by atoms with Gasteiger partial charge in [-0.2, -0.15) is 0 Å². The lowest BCUT2D eigenvalue weighted by atomic mass is 9.87. The third-order valence-corrected chi connectivity index (χ3v) is 4.23. The summed E-state index contributed by atoms with van der Waals surface area (Å²) < 4.78 is 32.0. The van der Waals surface area contributed by atoms with Gasteiger partial charge in [0.25, 0.3) is 0 Å². The van der Waals surface area contributed by atoms with Gasteiger partial charge in [-0.05, 0) is 56.5 Å². The Morgan fingerprint density at radius 3 is 2.77 bits per heavy atom. The summed E-state index contributed by atoms with van der Waals surface area (Å²) in [5.74, 6) is -1.61. The van der Waals surface area contributed by atoms with Crippen molar-refractivity contribution in [2.45, 2.75) is 44.1 Å². The van der Waals surface area contributed by atoms with E-state index in [2.05, 4.69) is 5.32 Å². The van der Waals surface area contributed by atoms with Gasteiger partial charge in [0.2, 0.25) is 5.92 Å². The van der Waals surface area contributed by atoms with E-state index in [-0.39, 0.29) is 18.8 Å².